The van der Waals surface area contributed by atoms with E-state index in [2.05, 4.69) is 15.5 Å². The Bertz CT molecular complexity index is 961. The fraction of sp³-hybridized carbons (Fsp3) is 0.333. The van der Waals surface area contributed by atoms with Crippen molar-refractivity contribution in [1.82, 2.24) is 24.9 Å². The SMILES string of the molecule is O=C1CCC(Cn2ncc3c(cnn3-c3ccccc3)c2=O)CCN1. The summed E-state index contributed by atoms with van der Waals surface area (Å²) in [6.07, 6.45) is 5.44. The summed E-state index contributed by atoms with van der Waals surface area (Å²) in [6.45, 7) is 1.19. The van der Waals surface area contributed by atoms with Gasteiger partial charge in [0.05, 0.1) is 29.0 Å². The number of carbonyl (C=O) groups excluding carboxylic acids is 1. The summed E-state index contributed by atoms with van der Waals surface area (Å²) in [6, 6.07) is 9.67. The Hall–Kier alpha value is -2.96. The molecule has 1 N–H and O–H groups in total. The summed E-state index contributed by atoms with van der Waals surface area (Å²) in [7, 11) is 0. The van der Waals surface area contributed by atoms with Crippen molar-refractivity contribution in [2.45, 2.75) is 25.8 Å². The van der Waals surface area contributed by atoms with Crippen LogP contribution in [0, 0.1) is 5.92 Å². The molecule has 1 aliphatic rings. The molecule has 0 saturated carbocycles. The second-order valence-electron chi connectivity index (χ2n) is 6.37. The molecule has 4 rings (SSSR count). The number of rotatable bonds is 3. The minimum atomic E-state index is -0.136. The standard InChI is InChI=1S/C18H19N5O2/c24-17-7-6-13(8-9-19-17)12-22-18(25)15-10-21-23(16(15)11-20-22)14-4-2-1-3-5-14/h1-5,10-11,13H,6-9,12H2,(H,19,24). The molecule has 7 heteroatoms. The minimum absolute atomic E-state index is 0.0856. The maximum atomic E-state index is 12.8. The molecule has 0 aliphatic carbocycles. The van der Waals surface area contributed by atoms with Gasteiger partial charge in [0, 0.05) is 19.5 Å². The molecule has 1 aromatic carbocycles. The number of benzene rings is 1. The van der Waals surface area contributed by atoms with E-state index in [1.54, 1.807) is 17.1 Å². The Morgan fingerprint density at radius 1 is 1.08 bits per heavy atom. The molecular formula is C18H19N5O2. The first-order valence-electron chi connectivity index (χ1n) is 8.48. The summed E-state index contributed by atoms with van der Waals surface area (Å²) < 4.78 is 3.22. The van der Waals surface area contributed by atoms with Crippen LogP contribution < -0.4 is 10.9 Å². The molecule has 0 bridgehead atoms. The third-order valence-corrected chi connectivity index (χ3v) is 4.68. The van der Waals surface area contributed by atoms with Crippen molar-refractivity contribution in [2.24, 2.45) is 5.92 Å². The zero-order chi connectivity index (χ0) is 17.2. The molecule has 0 radical (unpaired) electrons. The van der Waals surface area contributed by atoms with E-state index in [0.29, 0.717) is 30.4 Å². The van der Waals surface area contributed by atoms with Gasteiger partial charge in [-0.15, -0.1) is 0 Å². The molecule has 0 spiro atoms. The summed E-state index contributed by atoms with van der Waals surface area (Å²) in [5, 5.41) is 12.1. The van der Waals surface area contributed by atoms with E-state index >= 15 is 0 Å². The number of nitrogens with one attached hydrogen (secondary N) is 1. The molecule has 1 fully saturated rings. The fourth-order valence-corrected chi connectivity index (χ4v) is 3.28. The molecule has 1 saturated heterocycles. The van der Waals surface area contributed by atoms with Crippen LogP contribution in [0.2, 0.25) is 0 Å². The lowest BCUT2D eigenvalue weighted by atomic mass is 10.0. The van der Waals surface area contributed by atoms with Crippen molar-refractivity contribution < 1.29 is 4.79 Å². The fourth-order valence-electron chi connectivity index (χ4n) is 3.28. The van der Waals surface area contributed by atoms with Crippen molar-refractivity contribution in [3.63, 3.8) is 0 Å². The van der Waals surface area contributed by atoms with Crippen molar-refractivity contribution in [3.8, 4) is 5.69 Å². The van der Waals surface area contributed by atoms with Crippen molar-refractivity contribution >= 4 is 16.8 Å². The average molecular weight is 337 g/mol. The predicted molar refractivity (Wildman–Crippen MR) is 93.5 cm³/mol. The highest BCUT2D eigenvalue weighted by Gasteiger charge is 2.18. The first-order valence-corrected chi connectivity index (χ1v) is 8.48. The van der Waals surface area contributed by atoms with Gasteiger partial charge in [-0.1, -0.05) is 18.2 Å². The first kappa shape index (κ1) is 15.6. The maximum Gasteiger partial charge on any atom is 0.277 e. The molecule has 7 nitrogen and oxygen atoms in total. The molecule has 1 aliphatic heterocycles. The van der Waals surface area contributed by atoms with Crippen LogP contribution in [0.15, 0.2) is 47.5 Å². The average Bonchev–Trinajstić information content (AvgIpc) is 2.96. The zero-order valence-electron chi connectivity index (χ0n) is 13.8. The molecule has 1 unspecified atom stereocenters. The van der Waals surface area contributed by atoms with E-state index in [1.165, 1.54) is 4.68 Å². The first-order chi connectivity index (χ1) is 12.2. The number of fused-ring (bicyclic) bond motifs is 1. The lowest BCUT2D eigenvalue weighted by molar-refractivity contribution is -0.120. The number of nitrogens with zero attached hydrogens (tertiary/aromatic N) is 4. The number of hydrogen-bond donors (Lipinski definition) is 1. The van der Waals surface area contributed by atoms with Gasteiger partial charge in [0.15, 0.2) is 0 Å². The Kier molecular flexibility index (Phi) is 4.05. The van der Waals surface area contributed by atoms with Gasteiger partial charge in [-0.2, -0.15) is 10.2 Å². The number of para-hydroxylation sites is 1. The van der Waals surface area contributed by atoms with Gasteiger partial charge in [-0.05, 0) is 30.9 Å². The number of amides is 1. The van der Waals surface area contributed by atoms with Gasteiger partial charge >= 0.3 is 0 Å². The van der Waals surface area contributed by atoms with Crippen LogP contribution in [0.25, 0.3) is 16.6 Å². The highest BCUT2D eigenvalue weighted by Crippen LogP contribution is 2.17. The molecule has 25 heavy (non-hydrogen) atoms. The quantitative estimate of drug-likeness (QED) is 0.785. The molecule has 1 amide bonds. The van der Waals surface area contributed by atoms with Crippen LogP contribution in [0.4, 0.5) is 0 Å². The molecule has 1 atom stereocenters. The van der Waals surface area contributed by atoms with Crippen LogP contribution in [0.5, 0.6) is 0 Å². The summed E-state index contributed by atoms with van der Waals surface area (Å²) in [5.74, 6) is 0.355. The van der Waals surface area contributed by atoms with Gasteiger partial charge in [-0.25, -0.2) is 9.36 Å². The highest BCUT2D eigenvalue weighted by atomic mass is 16.1. The lowest BCUT2D eigenvalue weighted by Crippen LogP contribution is -2.27. The van der Waals surface area contributed by atoms with E-state index in [9.17, 15) is 9.59 Å². The van der Waals surface area contributed by atoms with Gasteiger partial charge < -0.3 is 5.32 Å². The zero-order valence-corrected chi connectivity index (χ0v) is 13.8. The summed E-state index contributed by atoms with van der Waals surface area (Å²) in [4.78, 5) is 24.2. The molecule has 128 valence electrons. The maximum absolute atomic E-state index is 12.8. The number of aromatic nitrogens is 4. The predicted octanol–water partition coefficient (Wildman–Crippen LogP) is 1.50. The van der Waals surface area contributed by atoms with Gasteiger partial charge in [-0.3, -0.25) is 9.59 Å². The van der Waals surface area contributed by atoms with E-state index < -0.39 is 0 Å². The van der Waals surface area contributed by atoms with Crippen LogP contribution in [0.3, 0.4) is 0 Å². The normalized spacial score (nSPS) is 18.1. The molecule has 2 aromatic heterocycles. The second-order valence-corrected chi connectivity index (χ2v) is 6.37. The third-order valence-electron chi connectivity index (χ3n) is 4.68. The molecular weight excluding hydrogens is 318 g/mol. The Morgan fingerprint density at radius 3 is 2.76 bits per heavy atom. The van der Waals surface area contributed by atoms with E-state index in [0.717, 1.165) is 18.5 Å². The molecule has 3 aromatic rings. The second kappa shape index (κ2) is 6.51. The Balaban J connectivity index is 1.65. The van der Waals surface area contributed by atoms with Crippen LogP contribution >= 0.6 is 0 Å². The van der Waals surface area contributed by atoms with Crippen molar-refractivity contribution in [1.29, 1.82) is 0 Å². The topological polar surface area (TPSA) is 81.8 Å². The van der Waals surface area contributed by atoms with Crippen molar-refractivity contribution in [3.05, 3.63) is 53.1 Å². The van der Waals surface area contributed by atoms with E-state index in [1.807, 2.05) is 30.3 Å². The Morgan fingerprint density at radius 2 is 1.92 bits per heavy atom. The highest BCUT2D eigenvalue weighted by molar-refractivity contribution is 5.78. The molecule has 3 heterocycles. The monoisotopic (exact) mass is 337 g/mol. The van der Waals surface area contributed by atoms with Crippen LogP contribution in [0.1, 0.15) is 19.3 Å². The smallest absolute Gasteiger partial charge is 0.277 e. The van der Waals surface area contributed by atoms with Gasteiger partial charge in [0.1, 0.15) is 0 Å². The third kappa shape index (κ3) is 3.05. The van der Waals surface area contributed by atoms with Crippen LogP contribution in [-0.4, -0.2) is 32.0 Å². The number of carbonyl (C=O) groups is 1. The van der Waals surface area contributed by atoms with Crippen LogP contribution in [-0.2, 0) is 11.3 Å². The lowest BCUT2D eigenvalue weighted by Gasteiger charge is -2.14. The van der Waals surface area contributed by atoms with Gasteiger partial charge in [0.25, 0.3) is 5.56 Å². The summed E-state index contributed by atoms with van der Waals surface area (Å²) >= 11 is 0. The van der Waals surface area contributed by atoms with E-state index in [-0.39, 0.29) is 17.4 Å². The van der Waals surface area contributed by atoms with E-state index in [4.69, 9.17) is 0 Å². The summed E-state index contributed by atoms with van der Waals surface area (Å²) in [5.41, 5.74) is 1.46. The van der Waals surface area contributed by atoms with Crippen molar-refractivity contribution in [2.75, 3.05) is 6.54 Å². The Labute approximate surface area is 144 Å². The number of hydrogen-bond acceptors (Lipinski definition) is 4. The van der Waals surface area contributed by atoms with Gasteiger partial charge in [0.2, 0.25) is 5.91 Å². The minimum Gasteiger partial charge on any atom is -0.356 e. The largest absolute Gasteiger partial charge is 0.356 e.